The summed E-state index contributed by atoms with van der Waals surface area (Å²) in [5.41, 5.74) is 6.19. The van der Waals surface area contributed by atoms with Crippen LogP contribution in [0.5, 0.6) is 0 Å². The Morgan fingerprint density at radius 1 is 1.50 bits per heavy atom. The fourth-order valence-corrected chi connectivity index (χ4v) is 2.19. The molecule has 112 valence electrons. The lowest BCUT2D eigenvalue weighted by Crippen LogP contribution is -2.30. The summed E-state index contributed by atoms with van der Waals surface area (Å²) in [6.07, 6.45) is 1.33. The van der Waals surface area contributed by atoms with E-state index in [1.54, 1.807) is 0 Å². The van der Waals surface area contributed by atoms with Crippen molar-refractivity contribution in [3.05, 3.63) is 40.7 Å². The summed E-state index contributed by atoms with van der Waals surface area (Å²) in [5, 5.41) is 27.8. The Hall–Kier alpha value is -2.47. The monoisotopic (exact) mass is 319 g/mol. The molecule has 1 aromatic heterocycles. The molecule has 0 spiro atoms. The minimum atomic E-state index is -1.71. The van der Waals surface area contributed by atoms with Gasteiger partial charge in [-0.1, -0.05) is 17.7 Å². The van der Waals surface area contributed by atoms with E-state index in [1.165, 1.54) is 36.1 Å². The van der Waals surface area contributed by atoms with Gasteiger partial charge in [0.2, 0.25) is 0 Å². The number of esters is 1. The summed E-state index contributed by atoms with van der Waals surface area (Å²) in [5.74, 6) is -0.745. The fourth-order valence-electron chi connectivity index (χ4n) is 1.98. The Labute approximate surface area is 131 Å². The molecule has 0 amide bonds. The second kappa shape index (κ2) is 6.11. The van der Waals surface area contributed by atoms with Crippen molar-refractivity contribution in [3.63, 3.8) is 0 Å². The number of nitrogens with zero attached hydrogens (tertiary/aromatic N) is 2. The van der Waals surface area contributed by atoms with E-state index < -0.39 is 13.1 Å². The van der Waals surface area contributed by atoms with Crippen LogP contribution in [0.2, 0.25) is 5.02 Å². The Morgan fingerprint density at radius 2 is 2.18 bits per heavy atom. The first-order chi connectivity index (χ1) is 10.4. The number of carbonyl (C=O) groups excluding carboxylic acids is 1. The number of nitrogens with two attached hydrogens (primary N) is 1. The van der Waals surface area contributed by atoms with E-state index >= 15 is 0 Å². The Bertz CT molecular complexity index is 782. The van der Waals surface area contributed by atoms with Crippen LogP contribution >= 0.6 is 11.6 Å². The maximum Gasteiger partial charge on any atom is 0.488 e. The highest BCUT2D eigenvalue weighted by atomic mass is 35.5. The van der Waals surface area contributed by atoms with E-state index in [9.17, 15) is 14.8 Å². The summed E-state index contributed by atoms with van der Waals surface area (Å²) in [6, 6.07) is 6.10. The van der Waals surface area contributed by atoms with Gasteiger partial charge in [0.15, 0.2) is 5.69 Å². The van der Waals surface area contributed by atoms with Gasteiger partial charge in [-0.2, -0.15) is 5.26 Å². The number of halogens is 1. The lowest BCUT2D eigenvalue weighted by molar-refractivity contribution is 0.0593. The minimum Gasteiger partial charge on any atom is -0.464 e. The van der Waals surface area contributed by atoms with Crippen molar-refractivity contribution in [1.82, 2.24) is 4.57 Å². The minimum absolute atomic E-state index is 0.0413. The maximum atomic E-state index is 11.9. The van der Waals surface area contributed by atoms with Crippen LogP contribution in [0.3, 0.4) is 0 Å². The number of hydrogen-bond donors (Lipinski definition) is 3. The molecule has 0 fully saturated rings. The van der Waals surface area contributed by atoms with Gasteiger partial charge in [-0.15, -0.1) is 0 Å². The van der Waals surface area contributed by atoms with Crippen molar-refractivity contribution in [2.24, 2.45) is 0 Å². The van der Waals surface area contributed by atoms with Gasteiger partial charge in [-0.3, -0.25) is 0 Å². The number of ether oxygens (including phenoxy) is 1. The average Bonchev–Trinajstić information content (AvgIpc) is 2.83. The van der Waals surface area contributed by atoms with Crippen molar-refractivity contribution >= 4 is 35.8 Å². The molecule has 7 nitrogen and oxygen atoms in total. The molecule has 0 aliphatic heterocycles. The first-order valence-corrected chi connectivity index (χ1v) is 6.43. The zero-order valence-corrected chi connectivity index (χ0v) is 12.2. The number of nitriles is 1. The van der Waals surface area contributed by atoms with Crippen LogP contribution in [-0.4, -0.2) is 34.8 Å². The van der Waals surface area contributed by atoms with Crippen LogP contribution in [0.15, 0.2) is 24.4 Å². The first-order valence-electron chi connectivity index (χ1n) is 6.05. The third-order valence-electron chi connectivity index (χ3n) is 3.07. The van der Waals surface area contributed by atoms with Crippen molar-refractivity contribution in [1.29, 1.82) is 5.26 Å². The number of aromatic nitrogens is 1. The molecule has 1 heterocycles. The predicted molar refractivity (Wildman–Crippen MR) is 81.1 cm³/mol. The number of nitrogen functional groups attached to an aromatic ring is 1. The molecule has 0 saturated heterocycles. The largest absolute Gasteiger partial charge is 0.488 e. The van der Waals surface area contributed by atoms with E-state index in [1.807, 2.05) is 6.07 Å². The number of rotatable bonds is 3. The Balaban J connectivity index is 2.75. The summed E-state index contributed by atoms with van der Waals surface area (Å²) in [7, 11) is -0.526. The lowest BCUT2D eigenvalue weighted by atomic mass is 9.80. The maximum absolute atomic E-state index is 11.9. The molecule has 22 heavy (non-hydrogen) atoms. The van der Waals surface area contributed by atoms with Crippen molar-refractivity contribution in [2.75, 3.05) is 12.8 Å². The quantitative estimate of drug-likeness (QED) is 0.543. The predicted octanol–water partition coefficient (Wildman–Crippen LogP) is 0.0510. The molecule has 0 radical (unpaired) electrons. The first kappa shape index (κ1) is 15.9. The molecule has 2 aromatic rings. The van der Waals surface area contributed by atoms with Crippen LogP contribution < -0.4 is 11.2 Å². The summed E-state index contributed by atoms with van der Waals surface area (Å²) in [6.45, 7) is 0. The summed E-state index contributed by atoms with van der Waals surface area (Å²) in [4.78, 5) is 11.9. The molecule has 0 aliphatic carbocycles. The van der Waals surface area contributed by atoms with Crippen molar-refractivity contribution < 1.29 is 19.6 Å². The van der Waals surface area contributed by atoms with Gasteiger partial charge in [0.25, 0.3) is 0 Å². The molecule has 0 atom stereocenters. The SMILES string of the molecule is COC(=O)c1c(N)c(C#N)cn1-c1cc(B(O)O)ccc1Cl. The average molecular weight is 320 g/mol. The van der Waals surface area contributed by atoms with Gasteiger partial charge in [-0.25, -0.2) is 4.79 Å². The molecule has 4 N–H and O–H groups in total. The van der Waals surface area contributed by atoms with Crippen LogP contribution in [-0.2, 0) is 4.74 Å². The number of anilines is 1. The van der Waals surface area contributed by atoms with Crippen LogP contribution in [0.1, 0.15) is 16.1 Å². The highest BCUT2D eigenvalue weighted by molar-refractivity contribution is 6.58. The molecule has 0 aliphatic rings. The number of methoxy groups -OCH3 is 1. The van der Waals surface area contributed by atoms with E-state index in [2.05, 4.69) is 4.74 Å². The Morgan fingerprint density at radius 3 is 2.73 bits per heavy atom. The van der Waals surface area contributed by atoms with E-state index in [-0.39, 0.29) is 33.1 Å². The standard InChI is InChI=1S/C13H11BClN3O4/c1-22-13(19)12-11(17)7(5-16)6-18(12)10-4-8(14(20)21)2-3-9(10)15/h2-4,6,20-21H,17H2,1H3. The molecule has 2 rings (SSSR count). The van der Waals surface area contributed by atoms with Gasteiger partial charge >= 0.3 is 13.1 Å². The van der Waals surface area contributed by atoms with Gasteiger partial charge < -0.3 is 25.1 Å². The third kappa shape index (κ3) is 2.65. The van der Waals surface area contributed by atoms with Crippen LogP contribution in [0.4, 0.5) is 5.69 Å². The van der Waals surface area contributed by atoms with Gasteiger partial charge in [0.1, 0.15) is 6.07 Å². The zero-order chi connectivity index (χ0) is 16.4. The Kier molecular flexibility index (Phi) is 4.42. The number of benzene rings is 1. The van der Waals surface area contributed by atoms with E-state index in [0.717, 1.165) is 0 Å². The van der Waals surface area contributed by atoms with Crippen molar-refractivity contribution in [2.45, 2.75) is 0 Å². The summed E-state index contributed by atoms with van der Waals surface area (Å²) >= 11 is 6.10. The van der Waals surface area contributed by atoms with E-state index in [4.69, 9.17) is 22.6 Å². The van der Waals surface area contributed by atoms with Gasteiger partial charge in [0, 0.05) is 6.20 Å². The molecule has 1 aromatic carbocycles. The molecular weight excluding hydrogens is 308 g/mol. The second-order valence-corrected chi connectivity index (χ2v) is 4.77. The molecule has 0 saturated carbocycles. The topological polar surface area (TPSA) is 122 Å². The highest BCUT2D eigenvalue weighted by Crippen LogP contribution is 2.28. The molecule has 0 unspecified atom stereocenters. The zero-order valence-electron chi connectivity index (χ0n) is 11.4. The number of carbonyl (C=O) groups is 1. The number of hydrogen-bond acceptors (Lipinski definition) is 6. The van der Waals surface area contributed by atoms with E-state index in [0.29, 0.717) is 0 Å². The molecule has 9 heteroatoms. The molecule has 0 bridgehead atoms. The lowest BCUT2D eigenvalue weighted by Gasteiger charge is -2.12. The van der Waals surface area contributed by atoms with Crippen molar-refractivity contribution in [3.8, 4) is 11.8 Å². The third-order valence-corrected chi connectivity index (χ3v) is 3.39. The van der Waals surface area contributed by atoms with Gasteiger partial charge in [-0.05, 0) is 17.6 Å². The van der Waals surface area contributed by atoms with Gasteiger partial charge in [0.05, 0.1) is 29.1 Å². The summed E-state index contributed by atoms with van der Waals surface area (Å²) < 4.78 is 5.95. The second-order valence-electron chi connectivity index (χ2n) is 4.36. The highest BCUT2D eigenvalue weighted by Gasteiger charge is 2.23. The smallest absolute Gasteiger partial charge is 0.464 e. The van der Waals surface area contributed by atoms with Crippen LogP contribution in [0, 0.1) is 11.3 Å². The van der Waals surface area contributed by atoms with Crippen LogP contribution in [0.25, 0.3) is 5.69 Å². The molecular formula is C13H11BClN3O4. The normalized spacial score (nSPS) is 10.1. The fraction of sp³-hybridized carbons (Fsp3) is 0.0769.